The predicted octanol–water partition coefficient (Wildman–Crippen LogP) is -12.9. The molecule has 7 heterocycles. The standard InChI is InChI=1S/C38H63NO30/c1-8(45)39-15-29-19(49)11(4-42)59-33(15)58-7-14-18(48)23(53)26(56)36(64-14)68-31-27(57)28(65-34-24(54)21(51)16(46)9(2-40)60-34)13(6-44)63-37(31)69-32-30(20(50)12(5-43)62-38(32)66-29)67-35-25(55)22(52)17(47)10(3-41)61-35/h9-38,40-44,46-57H,2-7H2,1H3,(H,39,45)/t9-,10-,11-,12-,13-,14-,15-,16-,17-,18-,19-,20-,21+,22+,23+,24-,25-,26+,27+,28-,29-,30+,31+,32+,33+,34-,35-,36-,37-,38+/m1/s1. The largest absolute Gasteiger partial charge is 0.394 e. The normalized spacial score (nSPS) is 53.2. The van der Waals surface area contributed by atoms with Crippen LogP contribution in [-0.4, -0.2) is 317 Å². The summed E-state index contributed by atoms with van der Waals surface area (Å²) in [5.41, 5.74) is 0. The van der Waals surface area contributed by atoms with E-state index in [-0.39, 0.29) is 0 Å². The Bertz CT molecular complexity index is 1640. The quantitative estimate of drug-likeness (QED) is 0.0966. The summed E-state index contributed by atoms with van der Waals surface area (Å²) < 4.78 is 71.2. The Hall–Kier alpha value is -1.69. The van der Waals surface area contributed by atoms with Crippen molar-refractivity contribution in [2.45, 2.75) is 191 Å². The molecule has 0 saturated carbocycles. The van der Waals surface area contributed by atoms with Gasteiger partial charge in [-0.15, -0.1) is 0 Å². The number of fused-ring (bicyclic) bond motifs is 6. The van der Waals surface area contributed by atoms with E-state index in [0.29, 0.717) is 0 Å². The second kappa shape index (κ2) is 23.2. The smallest absolute Gasteiger partial charge is 0.217 e. The molecule has 0 aliphatic carbocycles. The fourth-order valence-corrected chi connectivity index (χ4v) is 9.17. The van der Waals surface area contributed by atoms with Gasteiger partial charge in [-0.3, -0.25) is 4.79 Å². The number of hydrogen-bond acceptors (Lipinski definition) is 30. The molecule has 400 valence electrons. The summed E-state index contributed by atoms with van der Waals surface area (Å²) in [5, 5.41) is 187. The maximum Gasteiger partial charge on any atom is 0.217 e. The van der Waals surface area contributed by atoms with Gasteiger partial charge in [-0.1, -0.05) is 0 Å². The van der Waals surface area contributed by atoms with Crippen molar-refractivity contribution in [2.24, 2.45) is 0 Å². The first kappa shape index (κ1) is 55.1. The number of aliphatic hydroxyl groups is 17. The van der Waals surface area contributed by atoms with Gasteiger partial charge in [-0.25, -0.2) is 0 Å². The monoisotopic (exact) mass is 1010 g/mol. The van der Waals surface area contributed by atoms with E-state index >= 15 is 0 Å². The zero-order valence-electron chi connectivity index (χ0n) is 36.5. The molecular formula is C38H63NO30. The van der Waals surface area contributed by atoms with Gasteiger partial charge < -0.3 is 149 Å². The second-order valence-corrected chi connectivity index (χ2v) is 17.6. The van der Waals surface area contributed by atoms with E-state index in [1.54, 1.807) is 0 Å². The molecule has 0 aromatic heterocycles. The zero-order valence-corrected chi connectivity index (χ0v) is 36.5. The summed E-state index contributed by atoms with van der Waals surface area (Å²) in [7, 11) is 0. The molecule has 7 aliphatic rings. The van der Waals surface area contributed by atoms with E-state index in [4.69, 9.17) is 56.8 Å². The molecule has 69 heavy (non-hydrogen) atoms. The minimum Gasteiger partial charge on any atom is -0.394 e. The van der Waals surface area contributed by atoms with E-state index < -0.39 is 230 Å². The molecule has 7 aliphatic heterocycles. The first-order valence-corrected chi connectivity index (χ1v) is 22.1. The van der Waals surface area contributed by atoms with Crippen molar-refractivity contribution >= 4 is 5.91 Å². The third-order valence-corrected chi connectivity index (χ3v) is 13.1. The molecule has 31 nitrogen and oxygen atoms in total. The Balaban J connectivity index is 1.35. The Kier molecular flexibility index (Phi) is 18.6. The molecule has 0 unspecified atom stereocenters. The highest BCUT2D eigenvalue weighted by atomic mass is 16.8. The number of rotatable bonds is 10. The van der Waals surface area contributed by atoms with Crippen molar-refractivity contribution in [3.05, 3.63) is 0 Å². The molecular weight excluding hydrogens is 950 g/mol. The molecule has 7 fully saturated rings. The summed E-state index contributed by atoms with van der Waals surface area (Å²) in [6.07, 6.45) is -57.2. The van der Waals surface area contributed by atoms with E-state index in [9.17, 15) is 91.6 Å². The lowest BCUT2D eigenvalue weighted by molar-refractivity contribution is -0.417. The number of nitrogens with one attached hydrogen (secondary N) is 1. The fourth-order valence-electron chi connectivity index (χ4n) is 9.17. The van der Waals surface area contributed by atoms with Gasteiger partial charge in [0.15, 0.2) is 37.7 Å². The van der Waals surface area contributed by atoms with E-state index in [1.165, 1.54) is 0 Å². The summed E-state index contributed by atoms with van der Waals surface area (Å²) in [5.74, 6) is -0.785. The van der Waals surface area contributed by atoms with Crippen LogP contribution in [0.15, 0.2) is 0 Å². The van der Waals surface area contributed by atoms with Crippen molar-refractivity contribution < 1.29 is 148 Å². The van der Waals surface area contributed by atoms with Crippen LogP contribution in [-0.2, 0) is 61.6 Å². The van der Waals surface area contributed by atoms with Crippen molar-refractivity contribution in [2.75, 3.05) is 39.6 Å². The summed E-state index contributed by atoms with van der Waals surface area (Å²) in [6.45, 7) is -4.68. The highest BCUT2D eigenvalue weighted by molar-refractivity contribution is 5.73. The van der Waals surface area contributed by atoms with Crippen LogP contribution in [0, 0.1) is 0 Å². The van der Waals surface area contributed by atoms with Crippen LogP contribution >= 0.6 is 0 Å². The number of carbonyl (C=O) groups excluding carboxylic acids is 1. The van der Waals surface area contributed by atoms with E-state index in [1.807, 2.05) is 0 Å². The van der Waals surface area contributed by atoms with Crippen LogP contribution < -0.4 is 5.32 Å². The Morgan fingerprint density at radius 2 is 0.870 bits per heavy atom. The topological polar surface area (TPSA) is 484 Å². The summed E-state index contributed by atoms with van der Waals surface area (Å²) in [4.78, 5) is 12.7. The number of carbonyl (C=O) groups is 1. The molecule has 30 atom stereocenters. The molecule has 7 saturated heterocycles. The van der Waals surface area contributed by atoms with Crippen molar-refractivity contribution in [1.82, 2.24) is 5.32 Å². The SMILES string of the molecule is CC(=O)N[C@H]1[C@H]2OC[C@H]3O[C@H](O[C@@H]4[C@@H](O[C@@H]5[C@H](O[C@H]1[C@H](O)[C@@H](CO)O2)O[C@H](CO)[C@@H](O)[C@@H]5O[C@H]1O[C@H](CO)[C@@H](O)[C@H](O)[C@H]1O)O[C@H](CO)[C@@H](O[C@H]1O[C@H](CO)[C@@H](O)[C@H](O)[C@H]1O)[C@@H]4O)[C@@H](O)[C@@H](O)[C@@H]3O. The Morgan fingerprint density at radius 3 is 1.42 bits per heavy atom. The first-order valence-electron chi connectivity index (χ1n) is 22.1. The third kappa shape index (κ3) is 11.1. The maximum absolute atomic E-state index is 12.7. The van der Waals surface area contributed by atoms with Crippen LogP contribution in [0.4, 0.5) is 0 Å². The maximum atomic E-state index is 12.7. The summed E-state index contributed by atoms with van der Waals surface area (Å²) in [6, 6.07) is -1.62. The van der Waals surface area contributed by atoms with Gasteiger partial charge in [-0.2, -0.15) is 0 Å². The lowest BCUT2D eigenvalue weighted by atomic mass is 9.94. The van der Waals surface area contributed by atoms with E-state index in [2.05, 4.69) is 5.32 Å². The lowest BCUT2D eigenvalue weighted by Gasteiger charge is -2.52. The van der Waals surface area contributed by atoms with Gasteiger partial charge in [0.2, 0.25) is 5.91 Å². The van der Waals surface area contributed by atoms with Crippen LogP contribution in [0.3, 0.4) is 0 Å². The summed E-state index contributed by atoms with van der Waals surface area (Å²) >= 11 is 0. The number of amides is 1. The first-order chi connectivity index (χ1) is 32.8. The molecule has 4 bridgehead atoms. The highest BCUT2D eigenvalue weighted by Gasteiger charge is 2.60. The van der Waals surface area contributed by atoms with Crippen LogP contribution in [0.5, 0.6) is 0 Å². The predicted molar refractivity (Wildman–Crippen MR) is 207 cm³/mol. The molecule has 18 N–H and O–H groups in total. The lowest BCUT2D eigenvalue weighted by Crippen LogP contribution is -2.70. The second-order valence-electron chi connectivity index (χ2n) is 17.6. The number of aliphatic hydroxyl groups excluding tert-OH is 17. The zero-order chi connectivity index (χ0) is 50.3. The average Bonchev–Trinajstić information content (AvgIpc) is 3.33. The van der Waals surface area contributed by atoms with Crippen molar-refractivity contribution in [1.29, 1.82) is 0 Å². The Labute approximate surface area is 390 Å². The van der Waals surface area contributed by atoms with Crippen LogP contribution in [0.25, 0.3) is 0 Å². The third-order valence-electron chi connectivity index (χ3n) is 13.1. The van der Waals surface area contributed by atoms with Gasteiger partial charge >= 0.3 is 0 Å². The minimum atomic E-state index is -2.26. The van der Waals surface area contributed by atoms with Crippen LogP contribution in [0.2, 0.25) is 0 Å². The van der Waals surface area contributed by atoms with E-state index in [0.717, 1.165) is 6.92 Å². The molecule has 1 amide bonds. The minimum absolute atomic E-state index is 0.785. The molecule has 31 heteroatoms. The number of hydrogen-bond donors (Lipinski definition) is 18. The average molecular weight is 1010 g/mol. The van der Waals surface area contributed by atoms with Gasteiger partial charge in [0.25, 0.3) is 0 Å². The van der Waals surface area contributed by atoms with Gasteiger partial charge in [0.05, 0.1) is 39.6 Å². The van der Waals surface area contributed by atoms with Crippen LogP contribution in [0.1, 0.15) is 6.92 Å². The molecule has 7 rings (SSSR count). The van der Waals surface area contributed by atoms with Crippen molar-refractivity contribution in [3.63, 3.8) is 0 Å². The molecule has 0 aromatic carbocycles. The molecule has 0 aromatic rings. The number of ether oxygens (including phenoxy) is 12. The van der Waals surface area contributed by atoms with Gasteiger partial charge in [-0.05, 0) is 0 Å². The van der Waals surface area contributed by atoms with Gasteiger partial charge in [0.1, 0.15) is 146 Å². The Morgan fingerprint density at radius 1 is 0.420 bits per heavy atom. The fraction of sp³-hybridized carbons (Fsp3) is 0.974. The highest BCUT2D eigenvalue weighted by Crippen LogP contribution is 2.39. The van der Waals surface area contributed by atoms with Crippen molar-refractivity contribution in [3.8, 4) is 0 Å². The molecule has 0 spiro atoms. The molecule has 0 radical (unpaired) electrons. The van der Waals surface area contributed by atoms with Gasteiger partial charge in [0, 0.05) is 6.92 Å².